The van der Waals surface area contributed by atoms with E-state index in [0.717, 1.165) is 37.0 Å². The van der Waals surface area contributed by atoms with Gasteiger partial charge in [-0.3, -0.25) is 15.0 Å². The van der Waals surface area contributed by atoms with E-state index in [9.17, 15) is 15.2 Å². The van der Waals surface area contributed by atoms with Crippen LogP contribution in [-0.4, -0.2) is 40.2 Å². The third-order valence-electron chi connectivity index (χ3n) is 6.22. The quantitative estimate of drug-likeness (QED) is 0.291. The summed E-state index contributed by atoms with van der Waals surface area (Å²) in [5, 5.41) is 22.1. The van der Waals surface area contributed by atoms with Crippen molar-refractivity contribution in [3.63, 3.8) is 0 Å². The second-order valence-electron chi connectivity index (χ2n) is 8.65. The first-order valence-electron chi connectivity index (χ1n) is 11.5. The smallest absolute Gasteiger partial charge is 0.269 e. The molecule has 0 amide bonds. The molecule has 0 heterocycles. The normalized spacial score (nSPS) is 16.6. The molecule has 0 saturated carbocycles. The van der Waals surface area contributed by atoms with Gasteiger partial charge in [0.05, 0.1) is 4.92 Å². The first-order chi connectivity index (χ1) is 16.1. The Bertz CT molecular complexity index is 1040. The number of hydrogen-bond donors (Lipinski definition) is 1. The van der Waals surface area contributed by atoms with Gasteiger partial charge in [0.25, 0.3) is 5.69 Å². The highest BCUT2D eigenvalue weighted by Gasteiger charge is 2.26. The third kappa shape index (κ3) is 6.40. The highest BCUT2D eigenvalue weighted by atomic mass is 16.6. The lowest BCUT2D eigenvalue weighted by Crippen LogP contribution is -2.42. The Kier molecular flexibility index (Phi) is 7.70. The predicted octanol–water partition coefficient (Wildman–Crippen LogP) is 4.78. The molecule has 0 bridgehead atoms. The zero-order chi connectivity index (χ0) is 23.0. The van der Waals surface area contributed by atoms with Gasteiger partial charge >= 0.3 is 0 Å². The van der Waals surface area contributed by atoms with E-state index < -0.39 is 6.10 Å². The molecule has 1 N–H and O–H groups in total. The van der Waals surface area contributed by atoms with Gasteiger partial charge in [-0.05, 0) is 54.5 Å². The van der Waals surface area contributed by atoms with E-state index >= 15 is 0 Å². The number of hydrogen-bond acceptors (Lipinski definition) is 5. The highest BCUT2D eigenvalue weighted by Crippen LogP contribution is 2.28. The maximum atomic E-state index is 11.3. The van der Waals surface area contributed by atoms with Crippen molar-refractivity contribution in [1.82, 2.24) is 4.90 Å². The van der Waals surface area contributed by atoms with Crippen LogP contribution in [0.2, 0.25) is 0 Å². The van der Waals surface area contributed by atoms with Crippen molar-refractivity contribution in [3.05, 3.63) is 106 Å². The van der Waals surface area contributed by atoms with Crippen molar-refractivity contribution in [3.8, 4) is 5.75 Å². The molecule has 6 heteroatoms. The summed E-state index contributed by atoms with van der Waals surface area (Å²) in [6.07, 6.45) is 2.99. The Hall–Kier alpha value is -3.22. The zero-order valence-electron chi connectivity index (χ0n) is 18.7. The first-order valence-corrected chi connectivity index (χ1v) is 11.5. The van der Waals surface area contributed by atoms with Crippen LogP contribution in [0.15, 0.2) is 78.9 Å². The summed E-state index contributed by atoms with van der Waals surface area (Å²) in [6, 6.07) is 25.1. The Morgan fingerprint density at radius 2 is 1.76 bits per heavy atom. The van der Waals surface area contributed by atoms with Crippen LogP contribution in [-0.2, 0) is 19.4 Å². The number of nitrogens with zero attached hydrogens (tertiary/aromatic N) is 2. The summed E-state index contributed by atoms with van der Waals surface area (Å²) in [5.41, 5.74) is 3.55. The van der Waals surface area contributed by atoms with Crippen LogP contribution < -0.4 is 4.74 Å². The second kappa shape index (κ2) is 11.1. The van der Waals surface area contributed by atoms with E-state index in [1.165, 1.54) is 11.1 Å². The fourth-order valence-corrected chi connectivity index (χ4v) is 4.55. The van der Waals surface area contributed by atoms with Gasteiger partial charge in [0.15, 0.2) is 0 Å². The van der Waals surface area contributed by atoms with Crippen LogP contribution in [0.1, 0.15) is 29.5 Å². The van der Waals surface area contributed by atoms with E-state index in [0.29, 0.717) is 13.1 Å². The number of aliphatic hydroxyl groups excluding tert-OH is 1. The van der Waals surface area contributed by atoms with Gasteiger partial charge in [-0.2, -0.15) is 0 Å². The molecule has 0 saturated heterocycles. The number of ether oxygens (including phenoxy) is 1. The molecule has 6 nitrogen and oxygen atoms in total. The standard InChI is InChI=1S/C27H30N2O4/c30-26(20-33-27-12-5-2-6-13-27)19-28(18-21-8-3-1-4-9-21)24-11-7-10-22-14-15-25(29(31)32)17-23(22)16-24/h1-6,8-9,12-15,17,24,26,30H,7,10-11,16,18-20H2. The van der Waals surface area contributed by atoms with Gasteiger partial charge in [0.1, 0.15) is 18.5 Å². The number of aliphatic hydroxyl groups is 1. The minimum absolute atomic E-state index is 0.139. The average Bonchev–Trinajstić information content (AvgIpc) is 3.05. The Balaban J connectivity index is 1.50. The van der Waals surface area contributed by atoms with E-state index in [4.69, 9.17) is 4.74 Å². The molecule has 2 unspecified atom stereocenters. The van der Waals surface area contributed by atoms with Crippen LogP contribution >= 0.6 is 0 Å². The molecule has 172 valence electrons. The van der Waals surface area contributed by atoms with Crippen LogP contribution in [0.4, 0.5) is 5.69 Å². The van der Waals surface area contributed by atoms with E-state index in [1.54, 1.807) is 12.1 Å². The lowest BCUT2D eigenvalue weighted by molar-refractivity contribution is -0.384. The second-order valence-corrected chi connectivity index (χ2v) is 8.65. The molecule has 0 aromatic heterocycles. The van der Waals surface area contributed by atoms with Crippen molar-refractivity contribution in [1.29, 1.82) is 0 Å². The summed E-state index contributed by atoms with van der Waals surface area (Å²) in [7, 11) is 0. The molecule has 1 aliphatic rings. The molecule has 3 aromatic carbocycles. The van der Waals surface area contributed by atoms with Crippen molar-refractivity contribution >= 4 is 5.69 Å². The van der Waals surface area contributed by atoms with Gasteiger partial charge in [-0.15, -0.1) is 0 Å². The number of nitro benzene ring substituents is 1. The van der Waals surface area contributed by atoms with Gasteiger partial charge < -0.3 is 9.84 Å². The predicted molar refractivity (Wildman–Crippen MR) is 128 cm³/mol. The number of rotatable bonds is 9. The number of benzene rings is 3. The number of fused-ring (bicyclic) bond motifs is 1. The van der Waals surface area contributed by atoms with Crippen molar-refractivity contribution < 1.29 is 14.8 Å². The van der Waals surface area contributed by atoms with Crippen LogP contribution in [0.3, 0.4) is 0 Å². The monoisotopic (exact) mass is 446 g/mol. The minimum Gasteiger partial charge on any atom is -0.491 e. The van der Waals surface area contributed by atoms with Gasteiger partial charge in [-0.25, -0.2) is 0 Å². The zero-order valence-corrected chi connectivity index (χ0v) is 18.7. The molecule has 4 rings (SSSR count). The van der Waals surface area contributed by atoms with Crippen molar-refractivity contribution in [2.24, 2.45) is 0 Å². The topological polar surface area (TPSA) is 75.8 Å². The summed E-state index contributed by atoms with van der Waals surface area (Å²) in [4.78, 5) is 13.3. The molecule has 33 heavy (non-hydrogen) atoms. The largest absolute Gasteiger partial charge is 0.491 e. The molecule has 0 aliphatic heterocycles. The Morgan fingerprint density at radius 3 is 2.48 bits per heavy atom. The van der Waals surface area contributed by atoms with Gasteiger partial charge in [-0.1, -0.05) is 54.6 Å². The van der Waals surface area contributed by atoms with Gasteiger partial charge in [0.2, 0.25) is 0 Å². The Morgan fingerprint density at radius 1 is 1.03 bits per heavy atom. The highest BCUT2D eigenvalue weighted by molar-refractivity contribution is 5.41. The third-order valence-corrected chi connectivity index (χ3v) is 6.22. The van der Waals surface area contributed by atoms with Crippen molar-refractivity contribution in [2.75, 3.05) is 13.2 Å². The summed E-state index contributed by atoms with van der Waals surface area (Å²) in [5.74, 6) is 0.738. The molecule has 0 spiro atoms. The van der Waals surface area contributed by atoms with Crippen LogP contribution in [0.25, 0.3) is 0 Å². The molecule has 2 atom stereocenters. The summed E-state index contributed by atoms with van der Waals surface area (Å²) in [6.45, 7) is 1.39. The molecule has 3 aromatic rings. The number of para-hydroxylation sites is 1. The SMILES string of the molecule is O=[N+]([O-])c1ccc2c(c1)CC(N(Cc1ccccc1)CC(O)COc1ccccc1)CCC2. The molecule has 0 fully saturated rings. The van der Waals surface area contributed by atoms with E-state index in [2.05, 4.69) is 17.0 Å². The number of aryl methyl sites for hydroxylation is 1. The van der Waals surface area contributed by atoms with E-state index in [1.807, 2.05) is 54.6 Å². The number of nitro groups is 1. The van der Waals surface area contributed by atoms with Gasteiger partial charge in [0, 0.05) is 31.3 Å². The summed E-state index contributed by atoms with van der Waals surface area (Å²) >= 11 is 0. The lowest BCUT2D eigenvalue weighted by Gasteiger charge is -2.33. The number of non-ortho nitro benzene ring substituents is 1. The first kappa shape index (κ1) is 23.0. The molecular weight excluding hydrogens is 416 g/mol. The van der Waals surface area contributed by atoms with E-state index in [-0.39, 0.29) is 23.3 Å². The van der Waals surface area contributed by atoms with Crippen LogP contribution in [0.5, 0.6) is 5.75 Å². The maximum Gasteiger partial charge on any atom is 0.269 e. The van der Waals surface area contributed by atoms with Crippen LogP contribution in [0, 0.1) is 10.1 Å². The average molecular weight is 447 g/mol. The molecule has 0 radical (unpaired) electrons. The summed E-state index contributed by atoms with van der Waals surface area (Å²) < 4.78 is 5.78. The minimum atomic E-state index is -0.651. The molecule has 1 aliphatic carbocycles. The van der Waals surface area contributed by atoms with Crippen molar-refractivity contribution in [2.45, 2.75) is 44.4 Å². The lowest BCUT2D eigenvalue weighted by atomic mass is 9.99. The fraction of sp³-hybridized carbons (Fsp3) is 0.333. The Labute approximate surface area is 194 Å². The molecular formula is C27H30N2O4. The fourth-order valence-electron chi connectivity index (χ4n) is 4.55. The maximum absolute atomic E-state index is 11.3.